The lowest BCUT2D eigenvalue weighted by Gasteiger charge is -2.27. The fourth-order valence-electron chi connectivity index (χ4n) is 2.37. The first-order valence-electron chi connectivity index (χ1n) is 6.53. The van der Waals surface area contributed by atoms with Crippen LogP contribution in [0.2, 0.25) is 0 Å². The smallest absolute Gasteiger partial charge is 0.0991 e. The Hall–Kier alpha value is -1.37. The predicted octanol–water partition coefficient (Wildman–Crippen LogP) is 2.63. The van der Waals surface area contributed by atoms with Crippen molar-refractivity contribution in [2.45, 2.75) is 38.4 Å². The van der Waals surface area contributed by atoms with Crippen molar-refractivity contribution in [1.82, 2.24) is 0 Å². The minimum Gasteiger partial charge on any atom is -0.396 e. The average Bonchev–Trinajstić information content (AvgIpc) is 2.46. The van der Waals surface area contributed by atoms with Gasteiger partial charge in [0.1, 0.15) is 0 Å². The third kappa shape index (κ3) is 3.56. The maximum Gasteiger partial charge on any atom is 0.0991 e. The van der Waals surface area contributed by atoms with Gasteiger partial charge in [-0.25, -0.2) is 0 Å². The van der Waals surface area contributed by atoms with E-state index in [1.807, 2.05) is 24.3 Å². The average molecular weight is 245 g/mol. The summed E-state index contributed by atoms with van der Waals surface area (Å²) in [5.74, 6) is 0.472. The number of hydrogen-bond donors (Lipinski definition) is 1. The largest absolute Gasteiger partial charge is 0.396 e. The predicted molar refractivity (Wildman–Crippen MR) is 68.8 cm³/mol. The zero-order chi connectivity index (χ0) is 12.8. The van der Waals surface area contributed by atoms with Gasteiger partial charge < -0.3 is 9.84 Å². The van der Waals surface area contributed by atoms with E-state index >= 15 is 0 Å². The highest BCUT2D eigenvalue weighted by atomic mass is 16.5. The Morgan fingerprint density at radius 3 is 2.39 bits per heavy atom. The fraction of sp³-hybridized carbons (Fsp3) is 0.533. The van der Waals surface area contributed by atoms with Gasteiger partial charge in [0.2, 0.25) is 0 Å². The molecule has 0 aliphatic heterocycles. The quantitative estimate of drug-likeness (QED) is 0.887. The summed E-state index contributed by atoms with van der Waals surface area (Å²) in [5, 5.41) is 17.8. The Kier molecular flexibility index (Phi) is 4.74. The van der Waals surface area contributed by atoms with Gasteiger partial charge >= 0.3 is 0 Å². The summed E-state index contributed by atoms with van der Waals surface area (Å²) in [6.45, 7) is 0.919. The fourth-order valence-corrected chi connectivity index (χ4v) is 2.37. The Morgan fingerprint density at radius 2 is 1.83 bits per heavy atom. The van der Waals surface area contributed by atoms with Crippen LogP contribution in [0.5, 0.6) is 0 Å². The van der Waals surface area contributed by atoms with Crippen molar-refractivity contribution in [3.63, 3.8) is 0 Å². The van der Waals surface area contributed by atoms with Crippen LogP contribution in [-0.4, -0.2) is 17.8 Å². The van der Waals surface area contributed by atoms with E-state index in [9.17, 15) is 0 Å². The van der Waals surface area contributed by atoms with Crippen LogP contribution in [0.25, 0.3) is 0 Å². The number of nitrogens with zero attached hydrogens (tertiary/aromatic N) is 1. The molecular formula is C15H19NO2. The van der Waals surface area contributed by atoms with Gasteiger partial charge in [0.15, 0.2) is 0 Å². The van der Waals surface area contributed by atoms with Crippen LogP contribution in [0.4, 0.5) is 0 Å². The number of hydrogen-bond acceptors (Lipinski definition) is 3. The normalized spacial score (nSPS) is 23.6. The lowest BCUT2D eigenvalue weighted by molar-refractivity contribution is 0.00120. The number of benzene rings is 1. The van der Waals surface area contributed by atoms with E-state index in [1.54, 1.807) is 0 Å². The van der Waals surface area contributed by atoms with Crippen molar-refractivity contribution in [1.29, 1.82) is 5.26 Å². The summed E-state index contributed by atoms with van der Waals surface area (Å²) in [6.07, 6.45) is 4.54. The van der Waals surface area contributed by atoms with Crippen LogP contribution in [0.15, 0.2) is 24.3 Å². The van der Waals surface area contributed by atoms with Crippen LogP contribution in [-0.2, 0) is 11.3 Å². The molecule has 0 amide bonds. The van der Waals surface area contributed by atoms with Crippen LogP contribution in [0.1, 0.15) is 36.8 Å². The van der Waals surface area contributed by atoms with Crippen LogP contribution in [0, 0.1) is 17.2 Å². The molecule has 3 heteroatoms. The van der Waals surface area contributed by atoms with Gasteiger partial charge in [-0.05, 0) is 49.3 Å². The molecule has 1 N–H and O–H groups in total. The molecule has 96 valence electrons. The minimum absolute atomic E-state index is 0.308. The maximum atomic E-state index is 9.07. The van der Waals surface area contributed by atoms with Gasteiger partial charge in [0.25, 0.3) is 0 Å². The molecular weight excluding hydrogens is 226 g/mol. The molecule has 0 heterocycles. The lowest BCUT2D eigenvalue weighted by atomic mass is 9.88. The van der Waals surface area contributed by atoms with Crippen molar-refractivity contribution in [3.05, 3.63) is 35.4 Å². The van der Waals surface area contributed by atoms with Crippen molar-refractivity contribution in [3.8, 4) is 6.07 Å². The molecule has 2 rings (SSSR count). The number of aliphatic hydroxyl groups excluding tert-OH is 1. The zero-order valence-corrected chi connectivity index (χ0v) is 10.5. The van der Waals surface area contributed by atoms with Gasteiger partial charge in [0.05, 0.1) is 24.3 Å². The second kappa shape index (κ2) is 6.53. The molecule has 1 aliphatic carbocycles. The number of aliphatic hydroxyl groups is 1. The molecule has 3 nitrogen and oxygen atoms in total. The van der Waals surface area contributed by atoms with Gasteiger partial charge in [-0.3, -0.25) is 0 Å². The molecule has 0 bridgehead atoms. The summed E-state index contributed by atoms with van der Waals surface area (Å²) in [5.41, 5.74) is 1.79. The number of nitriles is 1. The second-order valence-corrected chi connectivity index (χ2v) is 4.95. The molecule has 1 aliphatic rings. The minimum atomic E-state index is 0.308. The van der Waals surface area contributed by atoms with E-state index in [2.05, 4.69) is 6.07 Å². The first-order valence-corrected chi connectivity index (χ1v) is 6.53. The van der Waals surface area contributed by atoms with Crippen molar-refractivity contribution in [2.75, 3.05) is 6.61 Å². The molecule has 0 aromatic heterocycles. The molecule has 1 saturated carbocycles. The van der Waals surface area contributed by atoms with Crippen molar-refractivity contribution < 1.29 is 9.84 Å². The van der Waals surface area contributed by atoms with Gasteiger partial charge in [0, 0.05) is 6.61 Å². The van der Waals surface area contributed by atoms with Crippen LogP contribution >= 0.6 is 0 Å². The molecule has 1 fully saturated rings. The first-order chi connectivity index (χ1) is 8.81. The zero-order valence-electron chi connectivity index (χ0n) is 10.5. The summed E-state index contributed by atoms with van der Waals surface area (Å²) < 4.78 is 5.87. The Bertz CT molecular complexity index is 399. The van der Waals surface area contributed by atoms with Crippen molar-refractivity contribution in [2.24, 2.45) is 5.92 Å². The van der Waals surface area contributed by atoms with E-state index in [-0.39, 0.29) is 0 Å². The third-order valence-electron chi connectivity index (χ3n) is 3.62. The molecule has 0 saturated heterocycles. The summed E-state index contributed by atoms with van der Waals surface area (Å²) in [6, 6.07) is 9.63. The first kappa shape index (κ1) is 13.1. The van der Waals surface area contributed by atoms with Gasteiger partial charge in [-0.15, -0.1) is 0 Å². The Balaban J connectivity index is 1.76. The molecule has 0 unspecified atom stereocenters. The van der Waals surface area contributed by atoms with E-state index in [0.717, 1.165) is 31.2 Å². The summed E-state index contributed by atoms with van der Waals surface area (Å²) >= 11 is 0. The van der Waals surface area contributed by atoms with Gasteiger partial charge in [-0.1, -0.05) is 12.1 Å². The van der Waals surface area contributed by atoms with E-state index < -0.39 is 0 Å². The number of ether oxygens (including phenoxy) is 1. The van der Waals surface area contributed by atoms with E-state index in [4.69, 9.17) is 15.1 Å². The van der Waals surface area contributed by atoms with Crippen LogP contribution < -0.4 is 0 Å². The second-order valence-electron chi connectivity index (χ2n) is 4.95. The maximum absolute atomic E-state index is 9.07. The van der Waals surface area contributed by atoms with E-state index in [1.165, 1.54) is 0 Å². The SMILES string of the molecule is N#Cc1ccc(COC2CCC(CO)CC2)cc1. The summed E-state index contributed by atoms with van der Waals surface area (Å²) in [7, 11) is 0. The standard InChI is InChI=1S/C15H19NO2/c16-9-12-1-3-14(4-2-12)11-18-15-7-5-13(10-17)6-8-15/h1-4,13,15,17H,5-8,10-11H2. The highest BCUT2D eigenvalue weighted by molar-refractivity contribution is 5.31. The Labute approximate surface area is 108 Å². The lowest BCUT2D eigenvalue weighted by Crippen LogP contribution is -2.23. The summed E-state index contributed by atoms with van der Waals surface area (Å²) in [4.78, 5) is 0. The molecule has 0 spiro atoms. The van der Waals surface area contributed by atoms with E-state index in [0.29, 0.717) is 30.8 Å². The Morgan fingerprint density at radius 1 is 1.17 bits per heavy atom. The third-order valence-corrected chi connectivity index (χ3v) is 3.62. The highest BCUT2D eigenvalue weighted by Crippen LogP contribution is 2.26. The van der Waals surface area contributed by atoms with Crippen LogP contribution in [0.3, 0.4) is 0 Å². The van der Waals surface area contributed by atoms with Crippen molar-refractivity contribution >= 4 is 0 Å². The molecule has 1 aromatic carbocycles. The monoisotopic (exact) mass is 245 g/mol. The molecule has 0 radical (unpaired) electrons. The highest BCUT2D eigenvalue weighted by Gasteiger charge is 2.20. The molecule has 1 aromatic rings. The topological polar surface area (TPSA) is 53.2 Å². The van der Waals surface area contributed by atoms with Gasteiger partial charge in [-0.2, -0.15) is 5.26 Å². The molecule has 0 atom stereocenters. The number of rotatable bonds is 4. The molecule has 18 heavy (non-hydrogen) atoms.